The molecule has 0 unspecified atom stereocenters. The van der Waals surface area contributed by atoms with Crippen LogP contribution in [0.1, 0.15) is 18.1 Å². The maximum absolute atomic E-state index is 13.2. The fraction of sp³-hybridized carbons (Fsp3) is 0.267. The highest BCUT2D eigenvalue weighted by Crippen LogP contribution is 2.39. The number of nitriles is 1. The Morgan fingerprint density at radius 1 is 1.03 bits per heavy atom. The number of carbonyl (C=O) groups excluding carboxylic acids is 1. The van der Waals surface area contributed by atoms with E-state index in [0.29, 0.717) is 66.4 Å². The van der Waals surface area contributed by atoms with Gasteiger partial charge in [-0.1, -0.05) is 35.9 Å². The molecule has 2 aliphatic rings. The van der Waals surface area contributed by atoms with Gasteiger partial charge < -0.3 is 28.7 Å². The molecule has 0 radical (unpaired) electrons. The number of piperazine rings is 1. The number of hydrogen-bond donors (Lipinski definition) is 0. The summed E-state index contributed by atoms with van der Waals surface area (Å²) < 4.78 is 22.6. The van der Waals surface area contributed by atoms with Gasteiger partial charge in [0.2, 0.25) is 6.79 Å². The molecule has 5 rings (SSSR count). The lowest BCUT2D eigenvalue weighted by Gasteiger charge is -2.36. The van der Waals surface area contributed by atoms with Crippen molar-refractivity contribution in [3.05, 3.63) is 82.4 Å². The number of fused-ring (bicyclic) bond motifs is 1. The summed E-state index contributed by atoms with van der Waals surface area (Å²) in [7, 11) is 0. The summed E-state index contributed by atoms with van der Waals surface area (Å²) in [6, 6.07) is 21.1. The third kappa shape index (κ3) is 6.05. The standard InChI is InChI=1S/C30H28ClN3O5/c1-2-36-28-17-22(15-25(31)29(28)37-19-21-8-9-26-27(16-21)39-20-38-26)14-23(18-32)30(35)34-12-10-33(11-13-34)24-6-4-3-5-7-24/h3-9,14-17H,2,10-13,19-20H2,1H3/b23-14-. The third-order valence-electron chi connectivity index (χ3n) is 6.50. The van der Waals surface area contributed by atoms with Gasteiger partial charge in [-0.2, -0.15) is 5.26 Å². The van der Waals surface area contributed by atoms with Crippen LogP contribution < -0.4 is 23.8 Å². The van der Waals surface area contributed by atoms with Crippen molar-refractivity contribution in [3.8, 4) is 29.1 Å². The highest BCUT2D eigenvalue weighted by atomic mass is 35.5. The van der Waals surface area contributed by atoms with Crippen LogP contribution in [0.15, 0.2) is 66.2 Å². The number of hydrogen-bond acceptors (Lipinski definition) is 7. The van der Waals surface area contributed by atoms with Crippen molar-refractivity contribution < 1.29 is 23.7 Å². The van der Waals surface area contributed by atoms with Crippen LogP contribution in [0, 0.1) is 11.3 Å². The zero-order valence-electron chi connectivity index (χ0n) is 21.6. The first-order valence-electron chi connectivity index (χ1n) is 12.7. The van der Waals surface area contributed by atoms with Gasteiger partial charge in [-0.25, -0.2) is 0 Å². The number of amides is 1. The van der Waals surface area contributed by atoms with E-state index in [1.54, 1.807) is 23.1 Å². The Morgan fingerprint density at radius 3 is 2.54 bits per heavy atom. The molecule has 0 N–H and O–H groups in total. The van der Waals surface area contributed by atoms with Crippen molar-refractivity contribution in [2.75, 3.05) is 44.5 Å². The summed E-state index contributed by atoms with van der Waals surface area (Å²) in [6.45, 7) is 5.15. The highest BCUT2D eigenvalue weighted by Gasteiger charge is 2.24. The van der Waals surface area contributed by atoms with Gasteiger partial charge in [0.1, 0.15) is 18.2 Å². The molecule has 0 spiro atoms. The summed E-state index contributed by atoms with van der Waals surface area (Å²) in [4.78, 5) is 17.1. The molecule has 3 aromatic rings. The molecule has 9 heteroatoms. The van der Waals surface area contributed by atoms with Gasteiger partial charge in [0.05, 0.1) is 11.6 Å². The number of nitrogens with zero attached hydrogens (tertiary/aromatic N) is 3. The Morgan fingerprint density at radius 2 is 1.79 bits per heavy atom. The molecule has 39 heavy (non-hydrogen) atoms. The van der Waals surface area contributed by atoms with E-state index in [9.17, 15) is 10.1 Å². The number of benzene rings is 3. The Kier molecular flexibility index (Phi) is 8.09. The molecule has 0 saturated carbocycles. The van der Waals surface area contributed by atoms with Gasteiger partial charge >= 0.3 is 0 Å². The summed E-state index contributed by atoms with van der Waals surface area (Å²) in [5.74, 6) is 1.88. The fourth-order valence-corrected chi connectivity index (χ4v) is 4.82. The van der Waals surface area contributed by atoms with Gasteiger partial charge in [-0.3, -0.25) is 4.79 Å². The Labute approximate surface area is 232 Å². The van der Waals surface area contributed by atoms with Crippen LogP contribution in [0.25, 0.3) is 6.08 Å². The SMILES string of the molecule is CCOc1cc(/C=C(/C#N)C(=O)N2CCN(c3ccccc3)CC2)cc(Cl)c1OCc1ccc2c(c1)OCO2. The van der Waals surface area contributed by atoms with Gasteiger partial charge in [0.15, 0.2) is 23.0 Å². The lowest BCUT2D eigenvalue weighted by Crippen LogP contribution is -2.49. The summed E-state index contributed by atoms with van der Waals surface area (Å²) in [5.41, 5.74) is 2.62. The van der Waals surface area contributed by atoms with Gasteiger partial charge in [-0.15, -0.1) is 0 Å². The van der Waals surface area contributed by atoms with Crippen molar-refractivity contribution in [3.63, 3.8) is 0 Å². The molecular formula is C30H28ClN3O5. The minimum Gasteiger partial charge on any atom is -0.490 e. The first-order valence-corrected chi connectivity index (χ1v) is 13.1. The molecule has 0 bridgehead atoms. The first-order chi connectivity index (χ1) is 19.1. The largest absolute Gasteiger partial charge is 0.490 e. The number of carbonyl (C=O) groups is 1. The van der Waals surface area contributed by atoms with Gasteiger partial charge in [0, 0.05) is 31.9 Å². The zero-order chi connectivity index (χ0) is 27.2. The van der Waals surface area contributed by atoms with Crippen molar-refractivity contribution in [1.29, 1.82) is 5.26 Å². The van der Waals surface area contributed by atoms with Crippen LogP contribution in [-0.2, 0) is 11.4 Å². The second kappa shape index (κ2) is 12.0. The van der Waals surface area contributed by atoms with Crippen molar-refractivity contribution in [2.24, 2.45) is 0 Å². The van der Waals surface area contributed by atoms with E-state index < -0.39 is 0 Å². The lowest BCUT2D eigenvalue weighted by atomic mass is 10.1. The van der Waals surface area contributed by atoms with Crippen LogP contribution in [-0.4, -0.2) is 50.4 Å². The van der Waals surface area contributed by atoms with Crippen molar-refractivity contribution in [2.45, 2.75) is 13.5 Å². The van der Waals surface area contributed by atoms with Crippen molar-refractivity contribution in [1.82, 2.24) is 4.90 Å². The monoisotopic (exact) mass is 545 g/mol. The molecule has 0 aliphatic carbocycles. The fourth-order valence-electron chi connectivity index (χ4n) is 4.55. The molecule has 2 aliphatic heterocycles. The van der Waals surface area contributed by atoms with E-state index in [0.717, 1.165) is 11.3 Å². The van der Waals surface area contributed by atoms with Crippen LogP contribution in [0.2, 0.25) is 5.02 Å². The molecule has 1 saturated heterocycles. The predicted octanol–water partition coefficient (Wildman–Crippen LogP) is 5.30. The molecule has 2 heterocycles. The van der Waals surface area contributed by atoms with Crippen LogP contribution in [0.5, 0.6) is 23.0 Å². The Hall–Kier alpha value is -4.35. The minimum absolute atomic E-state index is 0.0377. The third-order valence-corrected chi connectivity index (χ3v) is 6.78. The normalized spacial score (nSPS) is 14.6. The molecular weight excluding hydrogens is 518 g/mol. The molecule has 0 aromatic heterocycles. The maximum atomic E-state index is 13.2. The van der Waals surface area contributed by atoms with Crippen LogP contribution in [0.3, 0.4) is 0 Å². The molecule has 1 amide bonds. The van der Waals surface area contributed by atoms with Crippen LogP contribution in [0.4, 0.5) is 5.69 Å². The second-order valence-corrected chi connectivity index (χ2v) is 9.43. The second-order valence-electron chi connectivity index (χ2n) is 9.02. The van der Waals surface area contributed by atoms with E-state index in [4.69, 9.17) is 30.5 Å². The minimum atomic E-state index is -0.303. The first kappa shape index (κ1) is 26.3. The number of para-hydroxylation sites is 1. The van der Waals surface area contributed by atoms with Crippen molar-refractivity contribution >= 4 is 29.3 Å². The molecule has 200 valence electrons. The van der Waals surface area contributed by atoms with E-state index in [1.807, 2.05) is 43.3 Å². The molecule has 3 aromatic carbocycles. The van der Waals surface area contributed by atoms with E-state index >= 15 is 0 Å². The average Bonchev–Trinajstić information content (AvgIpc) is 3.44. The van der Waals surface area contributed by atoms with E-state index in [1.165, 1.54) is 0 Å². The molecule has 1 fully saturated rings. The number of halogens is 1. The summed E-state index contributed by atoms with van der Waals surface area (Å²) in [5, 5.41) is 10.1. The Bertz CT molecular complexity index is 1410. The van der Waals surface area contributed by atoms with Gasteiger partial charge in [-0.05, 0) is 60.5 Å². The zero-order valence-corrected chi connectivity index (χ0v) is 22.3. The number of ether oxygens (including phenoxy) is 4. The van der Waals surface area contributed by atoms with E-state index in [2.05, 4.69) is 23.1 Å². The number of rotatable bonds is 8. The van der Waals surface area contributed by atoms with E-state index in [-0.39, 0.29) is 24.9 Å². The maximum Gasteiger partial charge on any atom is 0.264 e. The number of anilines is 1. The lowest BCUT2D eigenvalue weighted by molar-refractivity contribution is -0.126. The Balaban J connectivity index is 1.29. The van der Waals surface area contributed by atoms with Crippen LogP contribution >= 0.6 is 11.6 Å². The topological polar surface area (TPSA) is 84.3 Å². The van der Waals surface area contributed by atoms with Gasteiger partial charge in [0.25, 0.3) is 5.91 Å². The molecule has 0 atom stereocenters. The highest BCUT2D eigenvalue weighted by molar-refractivity contribution is 6.32. The summed E-state index contributed by atoms with van der Waals surface area (Å²) >= 11 is 6.60. The quantitative estimate of drug-likeness (QED) is 0.280. The average molecular weight is 546 g/mol. The smallest absolute Gasteiger partial charge is 0.264 e. The summed E-state index contributed by atoms with van der Waals surface area (Å²) in [6.07, 6.45) is 1.54. The predicted molar refractivity (Wildman–Crippen MR) is 148 cm³/mol. The molecule has 8 nitrogen and oxygen atoms in total.